The molecule has 2 saturated heterocycles. The molecular weight excluding hydrogens is 330 g/mol. The van der Waals surface area contributed by atoms with Gasteiger partial charge in [-0.2, -0.15) is 0 Å². The number of carbonyl (C=O) groups excluding carboxylic acids is 2. The third-order valence-corrected chi connectivity index (χ3v) is 5.52. The lowest BCUT2D eigenvalue weighted by atomic mass is 10.1. The maximum absolute atomic E-state index is 12.7. The molecule has 6 heteroatoms. The number of ether oxygens (including phenoxy) is 1. The number of piperazine rings is 1. The Labute approximate surface area is 155 Å². The van der Waals surface area contributed by atoms with Crippen LogP contribution in [0.15, 0.2) is 24.3 Å². The van der Waals surface area contributed by atoms with Gasteiger partial charge >= 0.3 is 0 Å². The fourth-order valence-electron chi connectivity index (χ4n) is 3.75. The van der Waals surface area contributed by atoms with Crippen LogP contribution in [0.2, 0.25) is 0 Å². The second-order valence-corrected chi connectivity index (χ2v) is 7.10. The Bertz CT molecular complexity index is 624. The molecule has 0 spiro atoms. The van der Waals surface area contributed by atoms with Crippen molar-refractivity contribution >= 4 is 11.8 Å². The van der Waals surface area contributed by atoms with Crippen molar-refractivity contribution in [3.63, 3.8) is 0 Å². The molecular formula is C20H29N3O3. The lowest BCUT2D eigenvalue weighted by Gasteiger charge is -2.35. The van der Waals surface area contributed by atoms with Crippen molar-refractivity contribution in [2.75, 3.05) is 52.9 Å². The molecule has 142 valence electrons. The van der Waals surface area contributed by atoms with E-state index in [0.717, 1.165) is 44.9 Å². The Morgan fingerprint density at radius 2 is 1.85 bits per heavy atom. The first-order chi connectivity index (χ1) is 12.6. The van der Waals surface area contributed by atoms with Crippen molar-refractivity contribution in [2.24, 2.45) is 5.92 Å². The standard InChI is InChI=1S/C20H29N3O3/c1-3-21-10-12-22(13-11-21)20(25)17-14-19(24)23(15-17)9-8-16-4-6-18(26-2)7-5-16/h4-7,17H,3,8-15H2,1-2H3. The quantitative estimate of drug-likeness (QED) is 0.767. The molecule has 0 saturated carbocycles. The highest BCUT2D eigenvalue weighted by atomic mass is 16.5. The second-order valence-electron chi connectivity index (χ2n) is 7.10. The Balaban J connectivity index is 1.49. The summed E-state index contributed by atoms with van der Waals surface area (Å²) in [5.74, 6) is 0.913. The highest BCUT2D eigenvalue weighted by molar-refractivity contribution is 5.89. The van der Waals surface area contributed by atoms with Crippen LogP contribution in [0.3, 0.4) is 0 Å². The van der Waals surface area contributed by atoms with Gasteiger partial charge in [0.1, 0.15) is 5.75 Å². The zero-order chi connectivity index (χ0) is 18.5. The van der Waals surface area contributed by atoms with Gasteiger partial charge < -0.3 is 19.4 Å². The monoisotopic (exact) mass is 359 g/mol. The van der Waals surface area contributed by atoms with Crippen LogP contribution in [-0.4, -0.2) is 79.4 Å². The molecule has 1 unspecified atom stereocenters. The SMILES string of the molecule is CCN1CCN(C(=O)C2CC(=O)N(CCc3ccc(OC)cc3)C2)CC1. The van der Waals surface area contributed by atoms with E-state index in [-0.39, 0.29) is 17.7 Å². The van der Waals surface area contributed by atoms with Crippen molar-refractivity contribution in [3.8, 4) is 5.75 Å². The Morgan fingerprint density at radius 3 is 2.46 bits per heavy atom. The minimum Gasteiger partial charge on any atom is -0.497 e. The predicted molar refractivity (Wildman–Crippen MR) is 100 cm³/mol. The number of hydrogen-bond acceptors (Lipinski definition) is 4. The van der Waals surface area contributed by atoms with Gasteiger partial charge in [-0.05, 0) is 30.7 Å². The number of amides is 2. The van der Waals surface area contributed by atoms with Gasteiger partial charge in [0.2, 0.25) is 11.8 Å². The van der Waals surface area contributed by atoms with Gasteiger partial charge in [0.15, 0.2) is 0 Å². The fraction of sp³-hybridized carbons (Fsp3) is 0.600. The molecule has 2 aliphatic rings. The topological polar surface area (TPSA) is 53.1 Å². The summed E-state index contributed by atoms with van der Waals surface area (Å²) in [5.41, 5.74) is 1.17. The average Bonchev–Trinajstić information content (AvgIpc) is 3.07. The molecule has 2 fully saturated rings. The molecule has 2 amide bonds. The first kappa shape index (κ1) is 18.7. The second kappa shape index (κ2) is 8.54. The van der Waals surface area contributed by atoms with E-state index in [9.17, 15) is 9.59 Å². The summed E-state index contributed by atoms with van der Waals surface area (Å²) in [6, 6.07) is 7.91. The molecule has 26 heavy (non-hydrogen) atoms. The fourth-order valence-corrected chi connectivity index (χ4v) is 3.75. The van der Waals surface area contributed by atoms with Crippen LogP contribution in [0.1, 0.15) is 18.9 Å². The number of rotatable bonds is 6. The van der Waals surface area contributed by atoms with E-state index < -0.39 is 0 Å². The van der Waals surface area contributed by atoms with E-state index in [1.165, 1.54) is 5.56 Å². The van der Waals surface area contributed by atoms with Crippen LogP contribution >= 0.6 is 0 Å². The van der Waals surface area contributed by atoms with Crippen molar-refractivity contribution in [3.05, 3.63) is 29.8 Å². The van der Waals surface area contributed by atoms with Gasteiger partial charge in [0.05, 0.1) is 13.0 Å². The molecule has 1 aromatic rings. The minimum absolute atomic E-state index is 0.101. The third-order valence-electron chi connectivity index (χ3n) is 5.52. The molecule has 2 aliphatic heterocycles. The van der Waals surface area contributed by atoms with Crippen LogP contribution in [0.25, 0.3) is 0 Å². The van der Waals surface area contributed by atoms with E-state index in [0.29, 0.717) is 19.5 Å². The van der Waals surface area contributed by atoms with Crippen molar-refractivity contribution in [1.29, 1.82) is 0 Å². The van der Waals surface area contributed by atoms with Crippen LogP contribution in [0, 0.1) is 5.92 Å². The van der Waals surface area contributed by atoms with Crippen molar-refractivity contribution in [2.45, 2.75) is 19.8 Å². The summed E-state index contributed by atoms with van der Waals surface area (Å²) >= 11 is 0. The van der Waals surface area contributed by atoms with Crippen LogP contribution in [0.5, 0.6) is 5.75 Å². The third kappa shape index (κ3) is 4.36. The molecule has 0 aromatic heterocycles. The number of nitrogens with zero attached hydrogens (tertiary/aromatic N) is 3. The lowest BCUT2D eigenvalue weighted by Crippen LogP contribution is -2.50. The van der Waals surface area contributed by atoms with Crippen LogP contribution < -0.4 is 4.74 Å². The van der Waals surface area contributed by atoms with Gasteiger partial charge in [-0.1, -0.05) is 19.1 Å². The molecule has 1 atom stereocenters. The smallest absolute Gasteiger partial charge is 0.228 e. The number of methoxy groups -OCH3 is 1. The van der Waals surface area contributed by atoms with Crippen LogP contribution in [0.4, 0.5) is 0 Å². The maximum Gasteiger partial charge on any atom is 0.228 e. The largest absolute Gasteiger partial charge is 0.497 e. The summed E-state index contributed by atoms with van der Waals surface area (Å²) < 4.78 is 5.17. The first-order valence-electron chi connectivity index (χ1n) is 9.52. The number of benzene rings is 1. The summed E-state index contributed by atoms with van der Waals surface area (Å²) in [4.78, 5) is 31.2. The number of likely N-dealkylation sites (tertiary alicyclic amines) is 1. The summed E-state index contributed by atoms with van der Waals surface area (Å²) in [5, 5.41) is 0. The number of carbonyl (C=O) groups is 2. The van der Waals surface area contributed by atoms with Gasteiger partial charge in [0, 0.05) is 45.7 Å². The Hall–Kier alpha value is -2.08. The van der Waals surface area contributed by atoms with E-state index in [1.807, 2.05) is 34.1 Å². The number of hydrogen-bond donors (Lipinski definition) is 0. The van der Waals surface area contributed by atoms with Crippen LogP contribution in [-0.2, 0) is 16.0 Å². The molecule has 0 N–H and O–H groups in total. The average molecular weight is 359 g/mol. The Kier molecular flexibility index (Phi) is 6.14. The summed E-state index contributed by atoms with van der Waals surface area (Å²) in [7, 11) is 1.65. The summed E-state index contributed by atoms with van der Waals surface area (Å²) in [6.45, 7) is 7.83. The zero-order valence-corrected chi connectivity index (χ0v) is 15.8. The number of likely N-dealkylation sites (N-methyl/N-ethyl adjacent to an activating group) is 1. The highest BCUT2D eigenvalue weighted by Gasteiger charge is 2.36. The summed E-state index contributed by atoms with van der Waals surface area (Å²) in [6.07, 6.45) is 1.15. The minimum atomic E-state index is -0.174. The van der Waals surface area contributed by atoms with E-state index >= 15 is 0 Å². The highest BCUT2D eigenvalue weighted by Crippen LogP contribution is 2.22. The molecule has 1 aromatic carbocycles. The molecule has 2 heterocycles. The van der Waals surface area contributed by atoms with Gasteiger partial charge in [0.25, 0.3) is 0 Å². The lowest BCUT2D eigenvalue weighted by molar-refractivity contribution is -0.137. The molecule has 3 rings (SSSR count). The zero-order valence-electron chi connectivity index (χ0n) is 15.8. The van der Waals surface area contributed by atoms with E-state index in [2.05, 4.69) is 11.8 Å². The molecule has 0 aliphatic carbocycles. The maximum atomic E-state index is 12.7. The van der Waals surface area contributed by atoms with Crippen molar-refractivity contribution in [1.82, 2.24) is 14.7 Å². The normalized spacial score (nSPS) is 21.3. The van der Waals surface area contributed by atoms with Gasteiger partial charge in [-0.3, -0.25) is 9.59 Å². The van der Waals surface area contributed by atoms with Gasteiger partial charge in [-0.15, -0.1) is 0 Å². The Morgan fingerprint density at radius 1 is 1.15 bits per heavy atom. The molecule has 0 radical (unpaired) electrons. The first-order valence-corrected chi connectivity index (χ1v) is 9.52. The van der Waals surface area contributed by atoms with Gasteiger partial charge in [-0.25, -0.2) is 0 Å². The molecule has 6 nitrogen and oxygen atoms in total. The van der Waals surface area contributed by atoms with E-state index in [1.54, 1.807) is 7.11 Å². The van der Waals surface area contributed by atoms with E-state index in [4.69, 9.17) is 4.74 Å². The van der Waals surface area contributed by atoms with Crippen molar-refractivity contribution < 1.29 is 14.3 Å². The molecule has 0 bridgehead atoms. The predicted octanol–water partition coefficient (Wildman–Crippen LogP) is 1.25.